The first kappa shape index (κ1) is 112. The maximum atomic E-state index is 13.8. The topological polar surface area (TPSA) is 543 Å². The lowest BCUT2D eigenvalue weighted by atomic mass is 9.99. The van der Waals surface area contributed by atoms with Crippen molar-refractivity contribution in [1.29, 1.82) is 0 Å². The lowest BCUT2D eigenvalue weighted by Crippen LogP contribution is -2.57. The molecule has 0 fully saturated rings. The number of carbonyl (C=O) groups excluding carboxylic acids is 14. The molecule has 44 heteroatoms. The van der Waals surface area contributed by atoms with Crippen LogP contribution in [0.4, 0.5) is 15.3 Å². The van der Waals surface area contributed by atoms with Gasteiger partial charge in [-0.25, -0.2) is 9.59 Å². The van der Waals surface area contributed by atoms with Gasteiger partial charge in [0.15, 0.2) is 0 Å². The first-order chi connectivity index (χ1) is 58.4. The van der Waals surface area contributed by atoms with Gasteiger partial charge in [-0.15, -0.1) is 0 Å². The van der Waals surface area contributed by atoms with Crippen LogP contribution >= 0.6 is 0 Å². The predicted molar refractivity (Wildman–Crippen MR) is 446 cm³/mol. The van der Waals surface area contributed by atoms with Crippen LogP contribution in [0.25, 0.3) is 0 Å². The molecule has 0 aromatic heterocycles. The van der Waals surface area contributed by atoms with Crippen LogP contribution in [0.5, 0.6) is 0 Å². The Bertz CT molecular complexity index is 3280. The molecule has 44 nitrogen and oxygen atoms in total. The number of ether oxygens (including phenoxy) is 11. The van der Waals surface area contributed by atoms with Gasteiger partial charge in [-0.05, 0) is 67.6 Å². The third-order valence-corrected chi connectivity index (χ3v) is 18.2. The molecule has 0 radical (unpaired) electrons. The Kier molecular flexibility index (Phi) is 60.3. The quantitative estimate of drug-likeness (QED) is 0.0239. The summed E-state index contributed by atoms with van der Waals surface area (Å²) in [6.07, 6.45) is 0.846. The Labute approximate surface area is 722 Å². The summed E-state index contributed by atoms with van der Waals surface area (Å²) in [6.45, 7) is 14.7. The predicted octanol–water partition coefficient (Wildman–Crippen LogP) is -2.43. The normalized spacial score (nSPS) is 12.5. The number of unbranched alkanes of at least 4 members (excludes halogenated alkanes) is 1. The monoisotopic (exact) mass is 1760 g/mol. The second-order valence-corrected chi connectivity index (χ2v) is 30.0. The number of carbonyl (C=O) groups is 14. The molecule has 0 aliphatic carbocycles. The minimum absolute atomic E-state index is 0.00536. The summed E-state index contributed by atoms with van der Waals surface area (Å²) >= 11 is 0. The number of hydrogen-bond donors (Lipinski definition) is 11. The number of nitrogens with zero attached hydrogens (tertiary/aromatic N) is 8. The van der Waals surface area contributed by atoms with Crippen molar-refractivity contribution in [2.24, 2.45) is 29.2 Å². The smallest absolute Gasteiger partial charge is 0.410 e. The van der Waals surface area contributed by atoms with Crippen molar-refractivity contribution in [1.82, 2.24) is 71.4 Å². The van der Waals surface area contributed by atoms with E-state index in [1.807, 2.05) is 13.8 Å². The number of nitrogens with one attached hydrogen (secondary N) is 7. The maximum absolute atomic E-state index is 13.8. The highest BCUT2D eigenvalue weighted by Gasteiger charge is 2.36. The van der Waals surface area contributed by atoms with Crippen LogP contribution in [-0.2, 0) is 116 Å². The van der Waals surface area contributed by atoms with Gasteiger partial charge in [0.2, 0.25) is 70.9 Å². The summed E-state index contributed by atoms with van der Waals surface area (Å²) < 4.78 is 59.9. The van der Waals surface area contributed by atoms with E-state index in [1.54, 1.807) is 66.1 Å². The molecule has 13 N–H and O–H groups in total. The maximum Gasteiger partial charge on any atom is 0.410 e. The van der Waals surface area contributed by atoms with Gasteiger partial charge in [0.05, 0.1) is 184 Å². The Morgan fingerprint density at radius 1 is 0.398 bits per heavy atom. The van der Waals surface area contributed by atoms with E-state index in [2.05, 4.69) is 37.2 Å². The average Bonchev–Trinajstić information content (AvgIpc) is 0.837. The molecule has 0 unspecified atom stereocenters. The lowest BCUT2D eigenvalue weighted by Gasteiger charge is -2.32. The fourth-order valence-electron chi connectivity index (χ4n) is 10.9. The summed E-state index contributed by atoms with van der Waals surface area (Å²) in [6, 6.07) is 0.612. The number of likely N-dealkylation sites (N-methyl/N-ethyl adjacent to an activating group) is 7. The van der Waals surface area contributed by atoms with E-state index in [0.29, 0.717) is 83.5 Å². The molecule has 5 atom stereocenters. The van der Waals surface area contributed by atoms with Crippen molar-refractivity contribution in [3.8, 4) is 0 Å². The summed E-state index contributed by atoms with van der Waals surface area (Å²) in [5.41, 5.74) is 12.4. The molecule has 15 amide bonds. The van der Waals surface area contributed by atoms with Gasteiger partial charge in [-0.2, -0.15) is 0 Å². The first-order valence-electron chi connectivity index (χ1n) is 41.2. The zero-order valence-corrected chi connectivity index (χ0v) is 74.4. The van der Waals surface area contributed by atoms with Gasteiger partial charge >= 0.3 is 12.1 Å². The van der Waals surface area contributed by atoms with E-state index in [1.165, 1.54) is 57.0 Å². The number of urea groups is 1. The molecule has 1 rings (SSSR count). The van der Waals surface area contributed by atoms with Crippen LogP contribution in [0.15, 0.2) is 24.3 Å². The Morgan fingerprint density at radius 2 is 0.805 bits per heavy atom. The molecule has 0 saturated heterocycles. The second kappa shape index (κ2) is 66.4. The number of hydroxylamine groups is 2. The summed E-state index contributed by atoms with van der Waals surface area (Å²) in [5, 5.41) is 36.2. The van der Waals surface area contributed by atoms with Crippen LogP contribution < -0.4 is 48.7 Å². The number of nitrogens with two attached hydrogens (primary N) is 2. The van der Waals surface area contributed by atoms with E-state index in [-0.39, 0.29) is 199 Å². The van der Waals surface area contributed by atoms with E-state index in [9.17, 15) is 67.1 Å². The fraction of sp³-hybridized carbons (Fsp3) is 0.747. The summed E-state index contributed by atoms with van der Waals surface area (Å²) in [5.74, 6) is -6.87. The Hall–Kier alpha value is -9.16. The highest BCUT2D eigenvalue weighted by atomic mass is 16.8. The molecule has 0 saturated carbocycles. The molecule has 0 spiro atoms. The molecular weight excluding hydrogens is 1620 g/mol. The van der Waals surface area contributed by atoms with E-state index in [0.717, 1.165) is 19.6 Å². The van der Waals surface area contributed by atoms with Crippen molar-refractivity contribution in [2.75, 3.05) is 253 Å². The minimum Gasteiger partial charge on any atom is -0.445 e. The SMILES string of the molecule is CC(C)[C@H](NC(=O)[C@@H](N)CCCCNC(=O)CCOCCOCCOCCOCCNC(=O)CN(C)C(=O)CN(C)C(=O)CN(C)C(=O)CN(C)C(=O)CN(C)C(=O)CCOCCOCCOCCOCCOCCOCCN(O)O)C(=O)N[C@@H](CCCNC(N)=O)C(=O)Nc1ccc(COC(=O)N(C)[C@H](C(=O)N[C@H](C(=O)N(C)C)C(C)C)C(C)C)cc1. The molecule has 123 heavy (non-hydrogen) atoms. The Balaban J connectivity index is 2.29. The standard InChI is InChI=1S/C79H141N17O27/c1-56(2)70(75(106)86-62(19-17-27-84-78(81)109)74(105)85-60-22-20-59(21-23-60)55-123-79(110)95(14)72(58(5)6)76(107)88-71(57(3)4)77(108)89(7)8)87-73(104)61(80)18-15-16-26-82-63(97)24-30-113-34-38-117-42-44-119-40-36-115-32-28-83-64(98)50-90(9)66(100)52-92(11)68(102)54-94(13)69(103)53-93(12)67(101)51-91(10)65(99)25-31-114-35-39-118-43-46-121-48-49-122-47-45-120-41-37-116-33-29-96(111)112/h20-23,56-58,61-62,70-72,111-112H,15-19,24-55,80H2,1-14H3,(H,82,97)(H,83,98)(H,85,105)(H,86,106)(H,87,104)(H,88,107)(H3,81,84,109)/t61-,62-,70-,71-,72-/m0/s1. The number of hydrogen-bond acceptors (Lipinski definition) is 29. The van der Waals surface area contributed by atoms with Gasteiger partial charge in [0.25, 0.3) is 0 Å². The van der Waals surface area contributed by atoms with Crippen molar-refractivity contribution < 1.29 is 130 Å². The summed E-state index contributed by atoms with van der Waals surface area (Å²) in [7, 11) is 11.6. The number of anilines is 1. The number of amides is 15. The fourth-order valence-corrected chi connectivity index (χ4v) is 10.9. The largest absolute Gasteiger partial charge is 0.445 e. The second-order valence-electron chi connectivity index (χ2n) is 30.0. The van der Waals surface area contributed by atoms with Crippen LogP contribution in [0, 0.1) is 17.8 Å². The highest BCUT2D eigenvalue weighted by Crippen LogP contribution is 2.18. The van der Waals surface area contributed by atoms with Crippen molar-refractivity contribution >= 4 is 88.7 Å². The van der Waals surface area contributed by atoms with Crippen molar-refractivity contribution in [3.63, 3.8) is 0 Å². The van der Waals surface area contributed by atoms with Gasteiger partial charge in [0, 0.05) is 88.1 Å². The molecule has 0 heterocycles. The molecule has 1 aromatic rings. The molecular formula is C79H141N17O27. The Morgan fingerprint density at radius 3 is 1.24 bits per heavy atom. The number of benzene rings is 1. The summed E-state index contributed by atoms with van der Waals surface area (Å²) in [4.78, 5) is 190. The van der Waals surface area contributed by atoms with E-state index in [4.69, 9.17) is 74.0 Å². The van der Waals surface area contributed by atoms with Gasteiger partial charge < -0.3 is 130 Å². The van der Waals surface area contributed by atoms with E-state index < -0.39 is 108 Å². The van der Waals surface area contributed by atoms with Crippen molar-refractivity contribution in [3.05, 3.63) is 29.8 Å². The zero-order chi connectivity index (χ0) is 92.2. The molecule has 0 aliphatic rings. The molecule has 1 aromatic carbocycles. The third kappa shape index (κ3) is 52.9. The minimum atomic E-state index is -1.14. The van der Waals surface area contributed by atoms with Gasteiger partial charge in [-0.3, -0.25) is 72.8 Å². The lowest BCUT2D eigenvalue weighted by molar-refractivity contribution is -0.310. The van der Waals surface area contributed by atoms with Crippen LogP contribution in [-0.4, -0.2) is 411 Å². The van der Waals surface area contributed by atoms with Crippen LogP contribution in [0.2, 0.25) is 0 Å². The average molecular weight is 1760 g/mol. The highest BCUT2D eigenvalue weighted by molar-refractivity contribution is 5.99. The van der Waals surface area contributed by atoms with Crippen LogP contribution in [0.3, 0.4) is 0 Å². The number of primary amides is 1. The van der Waals surface area contributed by atoms with Gasteiger partial charge in [0.1, 0.15) is 30.8 Å². The molecule has 704 valence electrons. The number of rotatable bonds is 70. The zero-order valence-electron chi connectivity index (χ0n) is 74.4. The van der Waals surface area contributed by atoms with Crippen molar-refractivity contribution in [2.45, 2.75) is 123 Å². The van der Waals surface area contributed by atoms with Crippen LogP contribution in [0.1, 0.15) is 92.1 Å². The third-order valence-electron chi connectivity index (χ3n) is 18.2. The molecule has 0 aliphatic heterocycles. The van der Waals surface area contributed by atoms with Gasteiger partial charge in [-0.1, -0.05) is 58.9 Å². The van der Waals surface area contributed by atoms with E-state index >= 15 is 0 Å². The first-order valence-corrected chi connectivity index (χ1v) is 41.2. The molecule has 0 bridgehead atoms.